The van der Waals surface area contributed by atoms with Crippen molar-refractivity contribution in [1.82, 2.24) is 10.7 Å². The van der Waals surface area contributed by atoms with Gasteiger partial charge < -0.3 is 5.32 Å². The highest BCUT2D eigenvalue weighted by Crippen LogP contribution is 2.44. The van der Waals surface area contributed by atoms with E-state index in [9.17, 15) is 0 Å². The molecule has 0 aromatic heterocycles. The van der Waals surface area contributed by atoms with Gasteiger partial charge in [-0.15, -0.1) is 0 Å². The fraction of sp³-hybridized carbons (Fsp3) is 0.900. The van der Waals surface area contributed by atoms with E-state index in [-0.39, 0.29) is 0 Å². The summed E-state index contributed by atoms with van der Waals surface area (Å²) in [4.78, 5) is 4.27. The molecular formula is C10H20N4. The number of nitrogens with one attached hydrogen (secondary N) is 2. The summed E-state index contributed by atoms with van der Waals surface area (Å²) in [5, 5.41) is 3.44. The van der Waals surface area contributed by atoms with Gasteiger partial charge in [0.2, 0.25) is 5.96 Å². The zero-order chi connectivity index (χ0) is 9.97. The number of nitrogens with zero attached hydrogens (tertiary/aromatic N) is 1. The molecule has 2 aliphatic rings. The molecule has 0 spiro atoms. The fourth-order valence-corrected chi connectivity index (χ4v) is 1.98. The summed E-state index contributed by atoms with van der Waals surface area (Å²) in [6.07, 6.45) is 5.49. The molecule has 0 saturated heterocycles. The second kappa shape index (κ2) is 4.17. The Morgan fingerprint density at radius 3 is 2.29 bits per heavy atom. The normalized spacial score (nSPS) is 22.6. The molecular weight excluding hydrogens is 176 g/mol. The number of hydrogen-bond donors (Lipinski definition) is 3. The van der Waals surface area contributed by atoms with Crippen LogP contribution in [0.25, 0.3) is 0 Å². The van der Waals surface area contributed by atoms with Crippen molar-refractivity contribution in [3.05, 3.63) is 0 Å². The summed E-state index contributed by atoms with van der Waals surface area (Å²) in [7, 11) is 0. The minimum Gasteiger partial charge on any atom is -0.352 e. The van der Waals surface area contributed by atoms with Crippen molar-refractivity contribution in [3.63, 3.8) is 0 Å². The molecule has 2 aliphatic carbocycles. The van der Waals surface area contributed by atoms with E-state index in [1.54, 1.807) is 0 Å². The second-order valence-corrected chi connectivity index (χ2v) is 4.31. The number of guanidine groups is 1. The van der Waals surface area contributed by atoms with Crippen LogP contribution in [0.1, 0.15) is 32.6 Å². The maximum Gasteiger partial charge on any atom is 0.205 e. The quantitative estimate of drug-likeness (QED) is 0.267. The lowest BCUT2D eigenvalue weighted by Crippen LogP contribution is -2.48. The van der Waals surface area contributed by atoms with E-state index in [1.165, 1.54) is 25.7 Å². The van der Waals surface area contributed by atoms with Crippen LogP contribution in [-0.2, 0) is 0 Å². The van der Waals surface area contributed by atoms with E-state index in [0.717, 1.165) is 24.3 Å². The third-order valence-electron chi connectivity index (χ3n) is 3.02. The molecule has 0 unspecified atom stereocenters. The molecule has 0 radical (unpaired) electrons. The first-order valence-electron chi connectivity index (χ1n) is 5.62. The van der Waals surface area contributed by atoms with Gasteiger partial charge in [0.25, 0.3) is 0 Å². The molecule has 2 saturated carbocycles. The minimum absolute atomic E-state index is 0.622. The summed E-state index contributed by atoms with van der Waals surface area (Å²) in [5.41, 5.74) is 2.64. The van der Waals surface area contributed by atoms with Gasteiger partial charge in [0.1, 0.15) is 0 Å². The first kappa shape index (κ1) is 9.77. The molecule has 2 fully saturated rings. The average molecular weight is 196 g/mol. The monoisotopic (exact) mass is 196 g/mol. The Morgan fingerprint density at radius 2 is 1.93 bits per heavy atom. The van der Waals surface area contributed by atoms with Crippen LogP contribution in [0.3, 0.4) is 0 Å². The van der Waals surface area contributed by atoms with Crippen molar-refractivity contribution in [2.75, 3.05) is 6.54 Å². The molecule has 0 aliphatic heterocycles. The SMILES string of the molecule is CCN=C(NN)NC(C1CC1)C1CC1. The zero-order valence-electron chi connectivity index (χ0n) is 8.79. The van der Waals surface area contributed by atoms with Crippen LogP contribution in [0.15, 0.2) is 4.99 Å². The van der Waals surface area contributed by atoms with Crippen LogP contribution in [-0.4, -0.2) is 18.5 Å². The highest BCUT2D eigenvalue weighted by Gasteiger charge is 2.41. The Balaban J connectivity index is 1.88. The van der Waals surface area contributed by atoms with Gasteiger partial charge in [0, 0.05) is 12.6 Å². The summed E-state index contributed by atoms with van der Waals surface area (Å²) >= 11 is 0. The minimum atomic E-state index is 0.622. The summed E-state index contributed by atoms with van der Waals surface area (Å²) < 4.78 is 0. The molecule has 0 heterocycles. The Bertz CT molecular complexity index is 206. The van der Waals surface area contributed by atoms with Gasteiger partial charge in [0.05, 0.1) is 0 Å². The van der Waals surface area contributed by atoms with Crippen LogP contribution in [0.2, 0.25) is 0 Å². The van der Waals surface area contributed by atoms with E-state index < -0.39 is 0 Å². The van der Waals surface area contributed by atoms with Crippen molar-refractivity contribution in [2.45, 2.75) is 38.6 Å². The Hall–Kier alpha value is -0.770. The summed E-state index contributed by atoms with van der Waals surface area (Å²) in [6, 6.07) is 0.622. The molecule has 0 aromatic rings. The molecule has 14 heavy (non-hydrogen) atoms. The van der Waals surface area contributed by atoms with E-state index in [4.69, 9.17) is 5.84 Å². The second-order valence-electron chi connectivity index (χ2n) is 4.31. The molecule has 0 aromatic carbocycles. The van der Waals surface area contributed by atoms with Crippen LogP contribution in [0.5, 0.6) is 0 Å². The van der Waals surface area contributed by atoms with Gasteiger partial charge in [-0.3, -0.25) is 10.4 Å². The van der Waals surface area contributed by atoms with Crippen LogP contribution in [0, 0.1) is 11.8 Å². The molecule has 4 nitrogen and oxygen atoms in total. The van der Waals surface area contributed by atoms with Gasteiger partial charge in [0.15, 0.2) is 0 Å². The summed E-state index contributed by atoms with van der Waals surface area (Å²) in [6.45, 7) is 2.79. The highest BCUT2D eigenvalue weighted by atomic mass is 15.3. The first-order valence-corrected chi connectivity index (χ1v) is 5.62. The maximum atomic E-state index is 5.40. The van der Waals surface area contributed by atoms with Crippen LogP contribution in [0.4, 0.5) is 0 Å². The molecule has 4 N–H and O–H groups in total. The number of hydrogen-bond acceptors (Lipinski definition) is 2. The lowest BCUT2D eigenvalue weighted by Gasteiger charge is -2.19. The van der Waals surface area contributed by atoms with Crippen molar-refractivity contribution in [3.8, 4) is 0 Å². The zero-order valence-corrected chi connectivity index (χ0v) is 8.79. The molecule has 2 rings (SSSR count). The molecule has 4 heteroatoms. The first-order chi connectivity index (χ1) is 6.85. The lowest BCUT2D eigenvalue weighted by molar-refractivity contribution is 0.475. The smallest absolute Gasteiger partial charge is 0.205 e. The Labute approximate surface area is 85.3 Å². The van der Waals surface area contributed by atoms with Gasteiger partial charge in [-0.1, -0.05) is 0 Å². The van der Waals surface area contributed by atoms with Crippen molar-refractivity contribution in [2.24, 2.45) is 22.7 Å². The molecule has 0 bridgehead atoms. The van der Waals surface area contributed by atoms with Crippen LogP contribution >= 0.6 is 0 Å². The number of aliphatic imine (C=N–C) groups is 1. The maximum absolute atomic E-state index is 5.40. The van der Waals surface area contributed by atoms with E-state index in [2.05, 4.69) is 15.7 Å². The Morgan fingerprint density at radius 1 is 1.36 bits per heavy atom. The molecule has 0 atom stereocenters. The largest absolute Gasteiger partial charge is 0.352 e. The number of rotatable bonds is 4. The van der Waals surface area contributed by atoms with E-state index >= 15 is 0 Å². The van der Waals surface area contributed by atoms with Crippen molar-refractivity contribution in [1.29, 1.82) is 0 Å². The third-order valence-corrected chi connectivity index (χ3v) is 3.02. The predicted octanol–water partition coefficient (Wildman–Crippen LogP) is 0.604. The third kappa shape index (κ3) is 2.38. The van der Waals surface area contributed by atoms with E-state index in [1.807, 2.05) is 6.92 Å². The van der Waals surface area contributed by atoms with Crippen molar-refractivity contribution >= 4 is 5.96 Å². The fourth-order valence-electron chi connectivity index (χ4n) is 1.98. The van der Waals surface area contributed by atoms with Crippen LogP contribution < -0.4 is 16.6 Å². The van der Waals surface area contributed by atoms with Gasteiger partial charge in [-0.2, -0.15) is 0 Å². The molecule has 80 valence electrons. The predicted molar refractivity (Wildman–Crippen MR) is 57.7 cm³/mol. The van der Waals surface area contributed by atoms with Gasteiger partial charge >= 0.3 is 0 Å². The lowest BCUT2D eigenvalue weighted by atomic mass is 10.1. The Kier molecular flexibility index (Phi) is 2.91. The standard InChI is InChI=1S/C10H20N4/c1-2-12-10(14-11)13-9(7-3-4-7)8-5-6-8/h7-9H,2-6,11H2,1H3,(H2,12,13,14). The number of hydrazine groups is 1. The average Bonchev–Trinajstić information content (AvgIpc) is 3.05. The number of nitrogens with two attached hydrogens (primary N) is 1. The summed E-state index contributed by atoms with van der Waals surface area (Å²) in [5.74, 6) is 7.91. The van der Waals surface area contributed by atoms with Crippen molar-refractivity contribution < 1.29 is 0 Å². The van der Waals surface area contributed by atoms with Gasteiger partial charge in [-0.05, 0) is 44.4 Å². The van der Waals surface area contributed by atoms with E-state index in [0.29, 0.717) is 6.04 Å². The van der Waals surface area contributed by atoms with Gasteiger partial charge in [-0.25, -0.2) is 5.84 Å². The highest BCUT2D eigenvalue weighted by molar-refractivity contribution is 5.79. The molecule has 0 amide bonds. The topological polar surface area (TPSA) is 62.4 Å².